The minimum Gasteiger partial charge on any atom is -0.478 e. The third kappa shape index (κ3) is 1.67. The van der Waals surface area contributed by atoms with Gasteiger partial charge in [-0.05, 0) is 25.5 Å². The van der Waals surface area contributed by atoms with Gasteiger partial charge in [0.05, 0.1) is 17.2 Å². The number of nitrogens with zero attached hydrogens (tertiary/aromatic N) is 1. The number of aromatic nitrogens is 2. The van der Waals surface area contributed by atoms with E-state index in [0.29, 0.717) is 5.52 Å². The number of ether oxygens (including phenoxy) is 1. The second-order valence-electron chi connectivity index (χ2n) is 4.60. The lowest BCUT2D eigenvalue weighted by Crippen LogP contribution is -2.10. The molecule has 0 amide bonds. The zero-order valence-electron chi connectivity index (χ0n) is 10.0. The molecule has 2 heterocycles. The summed E-state index contributed by atoms with van der Waals surface area (Å²) in [6, 6.07) is 5.14. The van der Waals surface area contributed by atoms with E-state index in [1.807, 2.05) is 13.0 Å². The second-order valence-corrected chi connectivity index (χ2v) is 4.60. The molecule has 2 N–H and O–H groups in total. The van der Waals surface area contributed by atoms with Crippen LogP contribution in [0.15, 0.2) is 18.2 Å². The molecule has 1 fully saturated rings. The fourth-order valence-electron chi connectivity index (χ4n) is 2.49. The lowest BCUT2D eigenvalue weighted by molar-refractivity contribution is 0.0699. The van der Waals surface area contributed by atoms with Crippen molar-refractivity contribution in [2.24, 2.45) is 0 Å². The molecular formula is C13H14N2O3. The van der Waals surface area contributed by atoms with Crippen molar-refractivity contribution in [1.82, 2.24) is 9.97 Å². The normalized spacial score (nSPS) is 23.6. The predicted octanol–water partition coefficient (Wildman–Crippen LogP) is 2.15. The first-order valence-corrected chi connectivity index (χ1v) is 6.00. The van der Waals surface area contributed by atoms with Gasteiger partial charge in [-0.3, -0.25) is 0 Å². The van der Waals surface area contributed by atoms with E-state index in [0.717, 1.165) is 24.4 Å². The number of carbonyl (C=O) groups is 1. The van der Waals surface area contributed by atoms with Gasteiger partial charge in [-0.2, -0.15) is 0 Å². The fraction of sp³-hybridized carbons (Fsp3) is 0.385. The van der Waals surface area contributed by atoms with E-state index >= 15 is 0 Å². The van der Waals surface area contributed by atoms with Crippen LogP contribution in [0.1, 0.15) is 35.4 Å². The Balaban J connectivity index is 2.11. The molecule has 3 rings (SSSR count). The summed E-state index contributed by atoms with van der Waals surface area (Å²) in [5.74, 6) is 0.0946. The van der Waals surface area contributed by atoms with Crippen LogP contribution in [0.4, 0.5) is 0 Å². The minimum absolute atomic E-state index is 0.124. The molecule has 5 heteroatoms. The average molecular weight is 246 g/mol. The summed E-state index contributed by atoms with van der Waals surface area (Å²) in [5, 5.41) is 9.13. The molecule has 2 unspecified atom stereocenters. The zero-order valence-corrected chi connectivity index (χ0v) is 10.0. The number of hydrogen-bond acceptors (Lipinski definition) is 3. The molecule has 0 spiro atoms. The van der Waals surface area contributed by atoms with Crippen molar-refractivity contribution in [1.29, 1.82) is 0 Å². The molecule has 0 saturated carbocycles. The molecule has 5 nitrogen and oxygen atoms in total. The number of carboxylic acid groups (broad SMARTS) is 1. The molecule has 2 aromatic rings. The van der Waals surface area contributed by atoms with Crippen LogP contribution < -0.4 is 0 Å². The first-order valence-electron chi connectivity index (χ1n) is 6.00. The SMILES string of the molecule is CC1OCCC1c1nc2c(C(=O)O)cccc2[nH]1. The highest BCUT2D eigenvalue weighted by Gasteiger charge is 2.28. The van der Waals surface area contributed by atoms with Gasteiger partial charge in [0.1, 0.15) is 11.3 Å². The van der Waals surface area contributed by atoms with Crippen molar-refractivity contribution in [3.8, 4) is 0 Å². The first kappa shape index (κ1) is 11.2. The smallest absolute Gasteiger partial charge is 0.337 e. The van der Waals surface area contributed by atoms with Gasteiger partial charge < -0.3 is 14.8 Å². The number of benzene rings is 1. The Hall–Kier alpha value is -1.88. The van der Waals surface area contributed by atoms with Crippen molar-refractivity contribution in [3.05, 3.63) is 29.6 Å². The Morgan fingerprint density at radius 2 is 2.39 bits per heavy atom. The maximum Gasteiger partial charge on any atom is 0.337 e. The van der Waals surface area contributed by atoms with Crippen molar-refractivity contribution in [3.63, 3.8) is 0 Å². The topological polar surface area (TPSA) is 75.2 Å². The van der Waals surface area contributed by atoms with Gasteiger partial charge in [-0.1, -0.05) is 6.07 Å². The van der Waals surface area contributed by atoms with Crippen LogP contribution >= 0.6 is 0 Å². The number of fused-ring (bicyclic) bond motifs is 1. The molecule has 1 aromatic carbocycles. The van der Waals surface area contributed by atoms with Crippen LogP contribution in [0.5, 0.6) is 0 Å². The van der Waals surface area contributed by atoms with Gasteiger partial charge in [-0.25, -0.2) is 9.78 Å². The van der Waals surface area contributed by atoms with E-state index in [9.17, 15) is 4.79 Å². The number of carboxylic acids is 1. The Morgan fingerprint density at radius 3 is 3.06 bits per heavy atom. The molecule has 2 atom stereocenters. The fourth-order valence-corrected chi connectivity index (χ4v) is 2.49. The van der Waals surface area contributed by atoms with Crippen molar-refractivity contribution in [2.45, 2.75) is 25.4 Å². The molecule has 18 heavy (non-hydrogen) atoms. The lowest BCUT2D eigenvalue weighted by Gasteiger charge is -2.10. The third-order valence-corrected chi connectivity index (χ3v) is 3.49. The summed E-state index contributed by atoms with van der Waals surface area (Å²) in [5.41, 5.74) is 1.53. The molecule has 0 radical (unpaired) electrons. The molecule has 1 saturated heterocycles. The second kappa shape index (κ2) is 4.10. The number of aromatic amines is 1. The number of H-pyrrole nitrogens is 1. The van der Waals surface area contributed by atoms with Crippen LogP contribution in [-0.2, 0) is 4.74 Å². The van der Waals surface area contributed by atoms with Gasteiger partial charge in [0.25, 0.3) is 0 Å². The summed E-state index contributed by atoms with van der Waals surface area (Å²) in [6.07, 6.45) is 1.04. The lowest BCUT2D eigenvalue weighted by atomic mass is 10.0. The number of para-hydroxylation sites is 1. The van der Waals surface area contributed by atoms with Crippen molar-refractivity contribution >= 4 is 17.0 Å². The molecule has 0 bridgehead atoms. The highest BCUT2D eigenvalue weighted by molar-refractivity contribution is 6.00. The van der Waals surface area contributed by atoms with Crippen LogP contribution in [0, 0.1) is 0 Å². The highest BCUT2D eigenvalue weighted by atomic mass is 16.5. The van der Waals surface area contributed by atoms with Gasteiger partial charge in [-0.15, -0.1) is 0 Å². The van der Waals surface area contributed by atoms with E-state index in [2.05, 4.69) is 9.97 Å². The van der Waals surface area contributed by atoms with Gasteiger partial charge >= 0.3 is 5.97 Å². The molecule has 1 aromatic heterocycles. The van der Waals surface area contributed by atoms with E-state index in [1.165, 1.54) is 0 Å². The Morgan fingerprint density at radius 1 is 1.56 bits per heavy atom. The standard InChI is InChI=1S/C13H14N2O3/c1-7-8(5-6-18-7)12-14-10-4-2-3-9(13(16)17)11(10)15-12/h2-4,7-8H,5-6H2,1H3,(H,14,15)(H,16,17). The number of nitrogens with one attached hydrogen (secondary N) is 1. The van der Waals surface area contributed by atoms with Crippen LogP contribution in [0.3, 0.4) is 0 Å². The van der Waals surface area contributed by atoms with E-state index in [-0.39, 0.29) is 17.6 Å². The Bertz CT molecular complexity index is 605. The van der Waals surface area contributed by atoms with E-state index < -0.39 is 5.97 Å². The first-order chi connectivity index (χ1) is 8.66. The van der Waals surface area contributed by atoms with E-state index in [4.69, 9.17) is 9.84 Å². The summed E-state index contributed by atoms with van der Waals surface area (Å²) in [6.45, 7) is 2.75. The summed E-state index contributed by atoms with van der Waals surface area (Å²) >= 11 is 0. The number of hydrogen-bond donors (Lipinski definition) is 2. The largest absolute Gasteiger partial charge is 0.478 e. The average Bonchev–Trinajstić information content (AvgIpc) is 2.92. The van der Waals surface area contributed by atoms with Crippen LogP contribution in [-0.4, -0.2) is 33.8 Å². The summed E-state index contributed by atoms with van der Waals surface area (Å²) < 4.78 is 5.52. The number of aromatic carboxylic acids is 1. The predicted molar refractivity (Wildman–Crippen MR) is 65.8 cm³/mol. The molecule has 0 aliphatic carbocycles. The van der Waals surface area contributed by atoms with Crippen LogP contribution in [0.2, 0.25) is 0 Å². The minimum atomic E-state index is -0.950. The molecule has 94 valence electrons. The summed E-state index contributed by atoms with van der Waals surface area (Å²) in [4.78, 5) is 18.8. The monoisotopic (exact) mass is 246 g/mol. The number of rotatable bonds is 2. The van der Waals surface area contributed by atoms with Crippen molar-refractivity contribution in [2.75, 3.05) is 6.61 Å². The van der Waals surface area contributed by atoms with Gasteiger partial charge in [0.2, 0.25) is 0 Å². The molecule has 1 aliphatic heterocycles. The maximum absolute atomic E-state index is 11.1. The van der Waals surface area contributed by atoms with Gasteiger partial charge in [0.15, 0.2) is 0 Å². The molecule has 1 aliphatic rings. The summed E-state index contributed by atoms with van der Waals surface area (Å²) in [7, 11) is 0. The Labute approximate surface area is 104 Å². The highest BCUT2D eigenvalue weighted by Crippen LogP contribution is 2.31. The maximum atomic E-state index is 11.1. The van der Waals surface area contributed by atoms with Crippen molar-refractivity contribution < 1.29 is 14.6 Å². The van der Waals surface area contributed by atoms with E-state index in [1.54, 1.807) is 12.1 Å². The Kier molecular flexibility index (Phi) is 2.56. The molecular weight excluding hydrogens is 232 g/mol. The third-order valence-electron chi connectivity index (χ3n) is 3.49. The van der Waals surface area contributed by atoms with Crippen LogP contribution in [0.25, 0.3) is 11.0 Å². The van der Waals surface area contributed by atoms with Gasteiger partial charge in [0, 0.05) is 12.5 Å². The quantitative estimate of drug-likeness (QED) is 0.851. The number of imidazole rings is 1. The zero-order chi connectivity index (χ0) is 12.7.